The molecule has 0 unspecified atom stereocenters. The largest absolute Gasteiger partial charge is 0.378 e. The fourth-order valence-electron chi connectivity index (χ4n) is 3.40. The van der Waals surface area contributed by atoms with E-state index < -0.39 is 4.92 Å². The van der Waals surface area contributed by atoms with Gasteiger partial charge in [0.2, 0.25) is 5.82 Å². The number of ether oxygens (including phenoxy) is 3. The average molecular weight is 415 g/mol. The lowest BCUT2D eigenvalue weighted by Gasteiger charge is -2.28. The first-order chi connectivity index (χ1) is 14.7. The van der Waals surface area contributed by atoms with Crippen LogP contribution in [0.5, 0.6) is 0 Å². The molecule has 0 bridgehead atoms. The number of nitrogens with one attached hydrogen (secondary N) is 2. The van der Waals surface area contributed by atoms with Crippen LogP contribution in [0, 0.1) is 10.1 Å². The molecule has 0 spiro atoms. The second-order valence-electron chi connectivity index (χ2n) is 6.98. The second kappa shape index (κ2) is 9.70. The maximum atomic E-state index is 11.4. The van der Waals surface area contributed by atoms with Crippen molar-refractivity contribution in [3.8, 4) is 0 Å². The summed E-state index contributed by atoms with van der Waals surface area (Å²) in [6.07, 6.45) is 0.461. The molecule has 2 aromatic rings. The molecular formula is C20H25N5O5. The second-order valence-corrected chi connectivity index (χ2v) is 6.98. The Morgan fingerprint density at radius 2 is 1.80 bits per heavy atom. The van der Waals surface area contributed by atoms with E-state index in [4.69, 9.17) is 14.2 Å². The number of nitrogens with zero attached hydrogens (tertiary/aromatic N) is 3. The SMILES string of the molecule is O=[N+]([O-])c1ccc(NCCC2OCCO2)nc1Nc1ccc(N2CCOCC2)cc1. The van der Waals surface area contributed by atoms with Crippen molar-refractivity contribution in [2.24, 2.45) is 0 Å². The van der Waals surface area contributed by atoms with Crippen LogP contribution < -0.4 is 15.5 Å². The Kier molecular flexibility index (Phi) is 6.57. The van der Waals surface area contributed by atoms with Crippen molar-refractivity contribution < 1.29 is 19.1 Å². The Hall–Kier alpha value is -2.95. The van der Waals surface area contributed by atoms with Gasteiger partial charge in [-0.15, -0.1) is 0 Å². The minimum Gasteiger partial charge on any atom is -0.378 e. The molecule has 2 fully saturated rings. The van der Waals surface area contributed by atoms with Crippen molar-refractivity contribution >= 4 is 28.7 Å². The first-order valence-corrected chi connectivity index (χ1v) is 10.0. The maximum Gasteiger partial charge on any atom is 0.311 e. The van der Waals surface area contributed by atoms with E-state index in [0.29, 0.717) is 32.0 Å². The fourth-order valence-corrected chi connectivity index (χ4v) is 3.40. The molecule has 0 radical (unpaired) electrons. The summed E-state index contributed by atoms with van der Waals surface area (Å²) in [6, 6.07) is 10.8. The van der Waals surface area contributed by atoms with Gasteiger partial charge in [0.25, 0.3) is 0 Å². The van der Waals surface area contributed by atoms with Gasteiger partial charge in [0.05, 0.1) is 31.4 Å². The smallest absolute Gasteiger partial charge is 0.311 e. The van der Waals surface area contributed by atoms with Crippen LogP contribution >= 0.6 is 0 Å². The highest BCUT2D eigenvalue weighted by Gasteiger charge is 2.18. The summed E-state index contributed by atoms with van der Waals surface area (Å²) in [5.41, 5.74) is 1.74. The molecule has 160 valence electrons. The van der Waals surface area contributed by atoms with Crippen LogP contribution in [0.2, 0.25) is 0 Å². The van der Waals surface area contributed by atoms with Crippen molar-refractivity contribution in [2.75, 3.05) is 61.6 Å². The van der Waals surface area contributed by atoms with Gasteiger partial charge in [-0.25, -0.2) is 4.98 Å². The Morgan fingerprint density at radius 3 is 2.50 bits per heavy atom. The van der Waals surface area contributed by atoms with Gasteiger partial charge in [-0.3, -0.25) is 10.1 Å². The fraction of sp³-hybridized carbons (Fsp3) is 0.450. The van der Waals surface area contributed by atoms with Crippen molar-refractivity contribution in [1.82, 2.24) is 4.98 Å². The summed E-state index contributed by atoms with van der Waals surface area (Å²) in [6.45, 7) is 4.94. The molecule has 10 nitrogen and oxygen atoms in total. The van der Waals surface area contributed by atoms with Crippen LogP contribution in [0.4, 0.5) is 28.7 Å². The molecule has 3 heterocycles. The van der Waals surface area contributed by atoms with Gasteiger partial charge in [0, 0.05) is 43.5 Å². The lowest BCUT2D eigenvalue weighted by atomic mass is 10.2. The van der Waals surface area contributed by atoms with Crippen molar-refractivity contribution in [3.05, 3.63) is 46.5 Å². The zero-order chi connectivity index (χ0) is 20.8. The number of rotatable bonds is 8. The molecule has 2 aliphatic rings. The lowest BCUT2D eigenvalue weighted by Crippen LogP contribution is -2.36. The highest BCUT2D eigenvalue weighted by atomic mass is 16.7. The van der Waals surface area contributed by atoms with Crippen LogP contribution in [0.25, 0.3) is 0 Å². The number of pyridine rings is 1. The van der Waals surface area contributed by atoms with E-state index in [-0.39, 0.29) is 17.8 Å². The van der Waals surface area contributed by atoms with E-state index in [1.807, 2.05) is 24.3 Å². The molecule has 0 saturated carbocycles. The number of morpholine rings is 1. The molecule has 0 amide bonds. The van der Waals surface area contributed by atoms with Gasteiger partial charge in [-0.1, -0.05) is 0 Å². The third-order valence-electron chi connectivity index (χ3n) is 4.95. The highest BCUT2D eigenvalue weighted by molar-refractivity contribution is 5.69. The third-order valence-corrected chi connectivity index (χ3v) is 4.95. The standard InChI is InChI=1S/C20H25N5O5/c26-25(27)17-5-6-18(21-8-7-19-29-13-14-30-19)23-20(17)22-15-1-3-16(4-2-15)24-9-11-28-12-10-24/h1-6,19H,7-14H2,(H2,21,22,23). The first-order valence-electron chi connectivity index (χ1n) is 10.0. The lowest BCUT2D eigenvalue weighted by molar-refractivity contribution is -0.384. The van der Waals surface area contributed by atoms with Crippen LogP contribution in [0.15, 0.2) is 36.4 Å². The normalized spacial score (nSPS) is 17.1. The topological polar surface area (TPSA) is 111 Å². The molecule has 2 saturated heterocycles. The number of nitro groups is 1. The number of hydrogen-bond donors (Lipinski definition) is 2. The molecule has 2 N–H and O–H groups in total. The molecule has 1 aromatic heterocycles. The Bertz CT molecular complexity index is 851. The zero-order valence-corrected chi connectivity index (χ0v) is 16.6. The minimum atomic E-state index is -0.443. The number of aromatic nitrogens is 1. The Morgan fingerprint density at radius 1 is 1.07 bits per heavy atom. The molecule has 30 heavy (non-hydrogen) atoms. The van der Waals surface area contributed by atoms with Gasteiger partial charge in [0.1, 0.15) is 5.82 Å². The quantitative estimate of drug-likeness (QED) is 0.496. The predicted octanol–water partition coefficient (Wildman–Crippen LogP) is 2.74. The van der Waals surface area contributed by atoms with E-state index in [2.05, 4.69) is 20.5 Å². The molecule has 0 atom stereocenters. The first kappa shape index (κ1) is 20.3. The average Bonchev–Trinajstić information content (AvgIpc) is 3.28. The monoisotopic (exact) mass is 415 g/mol. The summed E-state index contributed by atoms with van der Waals surface area (Å²) in [7, 11) is 0. The van der Waals surface area contributed by atoms with Crippen LogP contribution in [-0.4, -0.2) is 62.3 Å². The van der Waals surface area contributed by atoms with E-state index in [1.54, 1.807) is 6.07 Å². The van der Waals surface area contributed by atoms with E-state index in [0.717, 1.165) is 37.7 Å². The van der Waals surface area contributed by atoms with Crippen LogP contribution in [0.1, 0.15) is 6.42 Å². The molecule has 1 aromatic carbocycles. The highest BCUT2D eigenvalue weighted by Crippen LogP contribution is 2.28. The summed E-state index contributed by atoms with van der Waals surface area (Å²) in [5.74, 6) is 0.739. The zero-order valence-electron chi connectivity index (χ0n) is 16.6. The van der Waals surface area contributed by atoms with Gasteiger partial charge in [-0.2, -0.15) is 0 Å². The van der Waals surface area contributed by atoms with E-state index in [9.17, 15) is 10.1 Å². The Labute approximate surface area is 174 Å². The summed E-state index contributed by atoms with van der Waals surface area (Å²) in [5, 5.41) is 17.7. The summed E-state index contributed by atoms with van der Waals surface area (Å²) >= 11 is 0. The molecular weight excluding hydrogens is 390 g/mol. The molecule has 10 heteroatoms. The molecule has 4 rings (SSSR count). The van der Waals surface area contributed by atoms with Gasteiger partial charge >= 0.3 is 5.69 Å². The summed E-state index contributed by atoms with van der Waals surface area (Å²) < 4.78 is 16.2. The predicted molar refractivity (Wildman–Crippen MR) is 112 cm³/mol. The number of hydrogen-bond acceptors (Lipinski definition) is 9. The van der Waals surface area contributed by atoms with Crippen molar-refractivity contribution in [2.45, 2.75) is 12.7 Å². The minimum absolute atomic E-state index is 0.0831. The van der Waals surface area contributed by atoms with E-state index in [1.165, 1.54) is 6.07 Å². The molecule has 0 aliphatic carbocycles. The van der Waals surface area contributed by atoms with Gasteiger partial charge in [0.15, 0.2) is 6.29 Å². The third kappa shape index (κ3) is 5.15. The van der Waals surface area contributed by atoms with Crippen LogP contribution in [0.3, 0.4) is 0 Å². The molecule has 2 aliphatic heterocycles. The number of benzene rings is 1. The van der Waals surface area contributed by atoms with Gasteiger partial charge < -0.3 is 29.7 Å². The maximum absolute atomic E-state index is 11.4. The summed E-state index contributed by atoms with van der Waals surface area (Å²) in [4.78, 5) is 17.6. The van der Waals surface area contributed by atoms with E-state index >= 15 is 0 Å². The van der Waals surface area contributed by atoms with Crippen molar-refractivity contribution in [1.29, 1.82) is 0 Å². The van der Waals surface area contributed by atoms with Crippen molar-refractivity contribution in [3.63, 3.8) is 0 Å². The van der Waals surface area contributed by atoms with Crippen LogP contribution in [-0.2, 0) is 14.2 Å². The Balaban J connectivity index is 1.42. The van der Waals surface area contributed by atoms with Gasteiger partial charge in [-0.05, 0) is 30.3 Å². The number of anilines is 4.